The Morgan fingerprint density at radius 3 is 2.82 bits per heavy atom. The van der Waals surface area contributed by atoms with E-state index in [1.807, 2.05) is 0 Å². The van der Waals surface area contributed by atoms with Gasteiger partial charge in [-0.25, -0.2) is 0 Å². The molecule has 0 aliphatic carbocycles. The highest BCUT2D eigenvalue weighted by Crippen LogP contribution is 2.23. The van der Waals surface area contributed by atoms with Crippen molar-refractivity contribution in [1.82, 2.24) is 9.80 Å². The molecule has 3 heteroatoms. The summed E-state index contributed by atoms with van der Waals surface area (Å²) >= 11 is 0. The van der Waals surface area contributed by atoms with Crippen LogP contribution in [0.4, 0.5) is 0 Å². The van der Waals surface area contributed by atoms with Crippen molar-refractivity contribution >= 4 is 0 Å². The summed E-state index contributed by atoms with van der Waals surface area (Å²) in [7, 11) is 0. The Hall–Kier alpha value is -0.120. The quantitative estimate of drug-likeness (QED) is 0.726. The molecule has 3 rings (SSSR count). The largest absolute Gasteiger partial charge is 0.381 e. The lowest BCUT2D eigenvalue weighted by atomic mass is 10.0. The van der Waals surface area contributed by atoms with Crippen molar-refractivity contribution in [2.24, 2.45) is 5.92 Å². The van der Waals surface area contributed by atoms with Crippen LogP contribution >= 0.6 is 0 Å². The Bertz CT molecular complexity index is 240. The van der Waals surface area contributed by atoms with E-state index in [1.54, 1.807) is 0 Å². The molecule has 0 radical (unpaired) electrons. The van der Waals surface area contributed by atoms with E-state index in [9.17, 15) is 0 Å². The van der Waals surface area contributed by atoms with E-state index in [0.29, 0.717) is 0 Å². The minimum atomic E-state index is 0.803. The van der Waals surface area contributed by atoms with Crippen LogP contribution in [0.2, 0.25) is 0 Å². The zero-order chi connectivity index (χ0) is 11.5. The smallest absolute Gasteiger partial charge is 0.0506 e. The van der Waals surface area contributed by atoms with E-state index in [0.717, 1.165) is 25.2 Å². The molecule has 0 aromatic heterocycles. The van der Waals surface area contributed by atoms with Gasteiger partial charge in [-0.3, -0.25) is 4.90 Å². The second-order valence-electron chi connectivity index (χ2n) is 6.03. The van der Waals surface area contributed by atoms with Crippen molar-refractivity contribution in [2.45, 2.75) is 38.1 Å². The van der Waals surface area contributed by atoms with Crippen LogP contribution in [0.25, 0.3) is 0 Å². The Kier molecular flexibility index (Phi) is 3.99. The lowest BCUT2D eigenvalue weighted by Gasteiger charge is -2.30. The molecule has 0 aromatic rings. The Balaban J connectivity index is 1.52. The molecule has 3 aliphatic rings. The molecule has 3 aliphatic heterocycles. The summed E-state index contributed by atoms with van der Waals surface area (Å²) in [5.41, 5.74) is 0. The fourth-order valence-electron chi connectivity index (χ4n) is 3.77. The van der Waals surface area contributed by atoms with Gasteiger partial charge >= 0.3 is 0 Å². The van der Waals surface area contributed by atoms with Crippen LogP contribution in [0.5, 0.6) is 0 Å². The van der Waals surface area contributed by atoms with E-state index < -0.39 is 0 Å². The summed E-state index contributed by atoms with van der Waals surface area (Å²) in [6.07, 6.45) is 6.87. The molecule has 0 N–H and O–H groups in total. The zero-order valence-corrected chi connectivity index (χ0v) is 10.9. The SMILES string of the molecule is C1COCC(CN2CCCN3CCCC3C2)C1. The Morgan fingerprint density at radius 1 is 1.00 bits per heavy atom. The molecule has 0 bridgehead atoms. The minimum Gasteiger partial charge on any atom is -0.381 e. The van der Waals surface area contributed by atoms with Gasteiger partial charge in [-0.15, -0.1) is 0 Å². The van der Waals surface area contributed by atoms with Gasteiger partial charge in [0.25, 0.3) is 0 Å². The topological polar surface area (TPSA) is 15.7 Å². The lowest BCUT2D eigenvalue weighted by molar-refractivity contribution is 0.0375. The van der Waals surface area contributed by atoms with E-state index >= 15 is 0 Å². The highest BCUT2D eigenvalue weighted by Gasteiger charge is 2.29. The van der Waals surface area contributed by atoms with Crippen molar-refractivity contribution in [1.29, 1.82) is 0 Å². The van der Waals surface area contributed by atoms with Crippen molar-refractivity contribution in [3.8, 4) is 0 Å². The highest BCUT2D eigenvalue weighted by molar-refractivity contribution is 4.85. The molecule has 3 nitrogen and oxygen atoms in total. The first kappa shape index (κ1) is 11.9. The van der Waals surface area contributed by atoms with Gasteiger partial charge in [0, 0.05) is 25.7 Å². The van der Waals surface area contributed by atoms with Crippen LogP contribution < -0.4 is 0 Å². The second-order valence-corrected chi connectivity index (χ2v) is 6.03. The summed E-state index contributed by atoms with van der Waals surface area (Å²) < 4.78 is 5.60. The monoisotopic (exact) mass is 238 g/mol. The van der Waals surface area contributed by atoms with E-state index in [-0.39, 0.29) is 0 Å². The minimum absolute atomic E-state index is 0.803. The van der Waals surface area contributed by atoms with Crippen molar-refractivity contribution in [3.63, 3.8) is 0 Å². The van der Waals surface area contributed by atoms with Gasteiger partial charge in [0.15, 0.2) is 0 Å². The fourth-order valence-corrected chi connectivity index (χ4v) is 3.77. The maximum Gasteiger partial charge on any atom is 0.0506 e. The molecule has 0 spiro atoms. The molecule has 0 amide bonds. The first-order chi connectivity index (χ1) is 8.42. The number of nitrogens with zero attached hydrogens (tertiary/aromatic N) is 2. The number of hydrogen-bond acceptors (Lipinski definition) is 3. The predicted molar refractivity (Wildman–Crippen MR) is 69.2 cm³/mol. The average molecular weight is 238 g/mol. The molecule has 3 heterocycles. The number of ether oxygens (including phenoxy) is 1. The van der Waals surface area contributed by atoms with Crippen LogP contribution in [0.1, 0.15) is 32.1 Å². The third-order valence-electron chi connectivity index (χ3n) is 4.66. The lowest BCUT2D eigenvalue weighted by Crippen LogP contribution is -2.40. The third-order valence-corrected chi connectivity index (χ3v) is 4.66. The molecule has 2 atom stereocenters. The van der Waals surface area contributed by atoms with E-state index in [1.165, 1.54) is 64.8 Å². The standard InChI is InChI=1S/C14H26N2O/c1-5-14-11-15(6-3-8-16(14)7-1)10-13-4-2-9-17-12-13/h13-14H,1-12H2. The molecule has 3 fully saturated rings. The van der Waals surface area contributed by atoms with Gasteiger partial charge in [0.05, 0.1) is 6.61 Å². The number of fused-ring (bicyclic) bond motifs is 1. The van der Waals surface area contributed by atoms with Gasteiger partial charge in [0.2, 0.25) is 0 Å². The van der Waals surface area contributed by atoms with Crippen molar-refractivity contribution in [2.75, 3.05) is 45.9 Å². The molecule has 17 heavy (non-hydrogen) atoms. The Morgan fingerprint density at radius 2 is 1.94 bits per heavy atom. The van der Waals surface area contributed by atoms with Crippen molar-refractivity contribution in [3.05, 3.63) is 0 Å². The van der Waals surface area contributed by atoms with Crippen LogP contribution in [-0.2, 0) is 4.74 Å². The highest BCUT2D eigenvalue weighted by atomic mass is 16.5. The van der Waals surface area contributed by atoms with E-state index in [2.05, 4.69) is 9.80 Å². The Labute approximate surface area is 105 Å². The maximum atomic E-state index is 5.60. The van der Waals surface area contributed by atoms with Gasteiger partial charge in [-0.2, -0.15) is 0 Å². The van der Waals surface area contributed by atoms with Crippen LogP contribution in [0.15, 0.2) is 0 Å². The molecule has 0 saturated carbocycles. The van der Waals surface area contributed by atoms with Gasteiger partial charge in [0.1, 0.15) is 0 Å². The van der Waals surface area contributed by atoms with Gasteiger partial charge in [-0.1, -0.05) is 0 Å². The van der Waals surface area contributed by atoms with Gasteiger partial charge in [-0.05, 0) is 57.7 Å². The second kappa shape index (κ2) is 5.68. The number of rotatable bonds is 2. The molecular weight excluding hydrogens is 212 g/mol. The zero-order valence-electron chi connectivity index (χ0n) is 10.9. The van der Waals surface area contributed by atoms with Crippen molar-refractivity contribution < 1.29 is 4.74 Å². The summed E-state index contributed by atoms with van der Waals surface area (Å²) in [5.74, 6) is 0.803. The summed E-state index contributed by atoms with van der Waals surface area (Å²) in [5, 5.41) is 0. The van der Waals surface area contributed by atoms with E-state index in [4.69, 9.17) is 4.74 Å². The molecule has 2 unspecified atom stereocenters. The third kappa shape index (κ3) is 3.01. The summed E-state index contributed by atoms with van der Waals surface area (Å²) in [6, 6.07) is 0.863. The predicted octanol–water partition coefficient (Wildman–Crippen LogP) is 1.58. The van der Waals surface area contributed by atoms with Crippen LogP contribution in [-0.4, -0.2) is 61.8 Å². The van der Waals surface area contributed by atoms with Crippen LogP contribution in [0, 0.1) is 5.92 Å². The van der Waals surface area contributed by atoms with Gasteiger partial charge < -0.3 is 9.64 Å². The molecular formula is C14H26N2O. The summed E-state index contributed by atoms with van der Waals surface area (Å²) in [6.45, 7) is 8.59. The molecule has 0 aromatic carbocycles. The summed E-state index contributed by atoms with van der Waals surface area (Å²) in [4.78, 5) is 5.44. The molecule has 98 valence electrons. The number of hydrogen-bond donors (Lipinski definition) is 0. The average Bonchev–Trinajstić information content (AvgIpc) is 2.70. The molecule has 3 saturated heterocycles. The first-order valence-electron chi connectivity index (χ1n) is 7.46. The maximum absolute atomic E-state index is 5.60. The van der Waals surface area contributed by atoms with Crippen LogP contribution in [0.3, 0.4) is 0 Å². The normalized spacial score (nSPS) is 36.7. The first-order valence-corrected chi connectivity index (χ1v) is 7.46. The fraction of sp³-hybridized carbons (Fsp3) is 1.00.